The number of furan rings is 1. The van der Waals surface area contributed by atoms with Crippen molar-refractivity contribution >= 4 is 5.91 Å². The summed E-state index contributed by atoms with van der Waals surface area (Å²) in [6.45, 7) is 4.11. The minimum absolute atomic E-state index is 0.0170. The highest BCUT2D eigenvalue weighted by Crippen LogP contribution is 2.27. The molecule has 2 aromatic rings. The molecule has 1 heterocycles. The molecule has 1 unspecified atom stereocenters. The first-order valence-corrected chi connectivity index (χ1v) is 7.58. The van der Waals surface area contributed by atoms with Gasteiger partial charge in [0.25, 0.3) is 5.91 Å². The molecule has 1 N–H and O–H groups in total. The number of ether oxygens (including phenoxy) is 1. The van der Waals surface area contributed by atoms with Crippen LogP contribution in [-0.4, -0.2) is 38.6 Å². The molecule has 0 bridgehead atoms. The second-order valence-electron chi connectivity index (χ2n) is 5.76. The fourth-order valence-electron chi connectivity index (χ4n) is 2.65. The van der Waals surface area contributed by atoms with Crippen molar-refractivity contribution in [1.29, 1.82) is 0 Å². The lowest BCUT2D eigenvalue weighted by atomic mass is 10.0. The number of benzene rings is 1. The Morgan fingerprint density at radius 1 is 1.30 bits per heavy atom. The molecule has 0 aliphatic heterocycles. The van der Waals surface area contributed by atoms with Gasteiger partial charge in [-0.15, -0.1) is 0 Å². The Morgan fingerprint density at radius 3 is 2.57 bits per heavy atom. The Hall–Kier alpha value is -2.27. The van der Waals surface area contributed by atoms with Crippen LogP contribution in [0.25, 0.3) is 0 Å². The SMILES string of the molecule is COc1ccccc1C(CNC(=O)c1cc(C)oc1C)N(C)C. The van der Waals surface area contributed by atoms with E-state index in [-0.39, 0.29) is 11.9 Å². The third kappa shape index (κ3) is 3.93. The zero-order chi connectivity index (χ0) is 17.0. The number of amides is 1. The van der Waals surface area contributed by atoms with Crippen LogP contribution in [0.15, 0.2) is 34.7 Å². The van der Waals surface area contributed by atoms with E-state index in [0.29, 0.717) is 17.9 Å². The number of nitrogens with one attached hydrogen (secondary N) is 1. The lowest BCUT2D eigenvalue weighted by Crippen LogP contribution is -2.34. The monoisotopic (exact) mass is 316 g/mol. The average molecular weight is 316 g/mol. The molecule has 0 aliphatic rings. The van der Waals surface area contributed by atoms with Crippen LogP contribution >= 0.6 is 0 Å². The highest BCUT2D eigenvalue weighted by atomic mass is 16.5. The Kier molecular flexibility index (Phi) is 5.45. The first-order chi connectivity index (χ1) is 10.9. The summed E-state index contributed by atoms with van der Waals surface area (Å²) in [6.07, 6.45) is 0. The van der Waals surface area contributed by atoms with Crippen LogP contribution in [0, 0.1) is 13.8 Å². The van der Waals surface area contributed by atoms with Gasteiger partial charge in [-0.3, -0.25) is 4.79 Å². The number of methoxy groups -OCH3 is 1. The number of likely N-dealkylation sites (N-methyl/N-ethyl adjacent to an activating group) is 1. The number of carbonyl (C=O) groups excluding carboxylic acids is 1. The number of hydrogen-bond donors (Lipinski definition) is 1. The summed E-state index contributed by atoms with van der Waals surface area (Å²) in [5.41, 5.74) is 1.63. The normalized spacial score (nSPS) is 12.3. The number of para-hydroxylation sites is 1. The molecule has 0 radical (unpaired) electrons. The van der Waals surface area contributed by atoms with Gasteiger partial charge in [0.2, 0.25) is 0 Å². The summed E-state index contributed by atoms with van der Waals surface area (Å²) >= 11 is 0. The predicted octanol–water partition coefficient (Wildman–Crippen LogP) is 2.94. The van der Waals surface area contributed by atoms with Gasteiger partial charge >= 0.3 is 0 Å². The van der Waals surface area contributed by atoms with Crippen molar-refractivity contribution in [2.45, 2.75) is 19.9 Å². The zero-order valence-electron chi connectivity index (χ0n) is 14.3. The van der Waals surface area contributed by atoms with E-state index in [9.17, 15) is 4.79 Å². The maximum Gasteiger partial charge on any atom is 0.254 e. The molecule has 5 heteroatoms. The van der Waals surface area contributed by atoms with Crippen molar-refractivity contribution in [3.8, 4) is 5.75 Å². The molecule has 0 spiro atoms. The molecule has 0 saturated heterocycles. The number of carbonyl (C=O) groups is 1. The van der Waals surface area contributed by atoms with Crippen LogP contribution < -0.4 is 10.1 Å². The minimum Gasteiger partial charge on any atom is -0.496 e. The van der Waals surface area contributed by atoms with E-state index in [2.05, 4.69) is 10.2 Å². The van der Waals surface area contributed by atoms with Crippen LogP contribution in [0.4, 0.5) is 0 Å². The van der Waals surface area contributed by atoms with E-state index in [1.807, 2.05) is 45.3 Å². The minimum atomic E-state index is -0.124. The number of hydrogen-bond acceptors (Lipinski definition) is 4. The molecule has 0 saturated carbocycles. The molecule has 1 aromatic carbocycles. The van der Waals surface area contributed by atoms with E-state index in [0.717, 1.165) is 17.1 Å². The summed E-state index contributed by atoms with van der Waals surface area (Å²) in [7, 11) is 5.62. The van der Waals surface area contributed by atoms with Gasteiger partial charge in [0, 0.05) is 12.1 Å². The van der Waals surface area contributed by atoms with Gasteiger partial charge in [0.05, 0.1) is 18.7 Å². The molecule has 124 valence electrons. The second kappa shape index (κ2) is 7.33. The highest BCUT2D eigenvalue weighted by molar-refractivity contribution is 5.95. The molecular formula is C18H24N2O3. The van der Waals surface area contributed by atoms with E-state index in [4.69, 9.17) is 9.15 Å². The zero-order valence-corrected chi connectivity index (χ0v) is 14.3. The quantitative estimate of drug-likeness (QED) is 0.890. The molecule has 1 aromatic heterocycles. The molecule has 5 nitrogen and oxygen atoms in total. The number of aryl methyl sites for hydroxylation is 2. The number of rotatable bonds is 6. The van der Waals surface area contributed by atoms with E-state index in [1.165, 1.54) is 0 Å². The molecule has 0 aliphatic carbocycles. The van der Waals surface area contributed by atoms with Gasteiger partial charge < -0.3 is 19.4 Å². The highest BCUT2D eigenvalue weighted by Gasteiger charge is 2.20. The van der Waals surface area contributed by atoms with Crippen LogP contribution in [0.2, 0.25) is 0 Å². The fourth-order valence-corrected chi connectivity index (χ4v) is 2.65. The molecule has 1 amide bonds. The van der Waals surface area contributed by atoms with E-state index < -0.39 is 0 Å². The van der Waals surface area contributed by atoms with Crippen LogP contribution in [0.5, 0.6) is 5.75 Å². The van der Waals surface area contributed by atoms with Crippen LogP contribution in [0.1, 0.15) is 33.5 Å². The Bertz CT molecular complexity index is 677. The van der Waals surface area contributed by atoms with Gasteiger partial charge in [0.15, 0.2) is 0 Å². The number of nitrogens with zero attached hydrogens (tertiary/aromatic N) is 1. The van der Waals surface area contributed by atoms with Crippen molar-refractivity contribution in [3.05, 3.63) is 53.0 Å². The Labute approximate surface area is 137 Å². The molecule has 0 fully saturated rings. The summed E-state index contributed by atoms with van der Waals surface area (Å²) in [5, 5.41) is 2.99. The molecule has 2 rings (SSSR count). The summed E-state index contributed by atoms with van der Waals surface area (Å²) in [5.74, 6) is 2.07. The van der Waals surface area contributed by atoms with Crippen molar-refractivity contribution in [2.75, 3.05) is 27.7 Å². The van der Waals surface area contributed by atoms with Crippen LogP contribution in [0.3, 0.4) is 0 Å². The maximum atomic E-state index is 12.4. The Balaban J connectivity index is 2.14. The summed E-state index contributed by atoms with van der Waals surface area (Å²) in [6, 6.07) is 9.63. The van der Waals surface area contributed by atoms with E-state index >= 15 is 0 Å². The van der Waals surface area contributed by atoms with E-state index in [1.54, 1.807) is 20.1 Å². The Morgan fingerprint density at radius 2 is 2.00 bits per heavy atom. The van der Waals surface area contributed by atoms with Gasteiger partial charge in [-0.1, -0.05) is 18.2 Å². The summed E-state index contributed by atoms with van der Waals surface area (Å²) < 4.78 is 10.9. The smallest absolute Gasteiger partial charge is 0.254 e. The van der Waals surface area contributed by atoms with Gasteiger partial charge in [-0.25, -0.2) is 0 Å². The average Bonchev–Trinajstić information content (AvgIpc) is 2.86. The summed E-state index contributed by atoms with van der Waals surface area (Å²) in [4.78, 5) is 14.4. The topological polar surface area (TPSA) is 54.7 Å². The van der Waals surface area contributed by atoms with Gasteiger partial charge in [-0.05, 0) is 40.1 Å². The van der Waals surface area contributed by atoms with Gasteiger partial charge in [-0.2, -0.15) is 0 Å². The van der Waals surface area contributed by atoms with Crippen molar-refractivity contribution in [3.63, 3.8) is 0 Å². The fraction of sp³-hybridized carbons (Fsp3) is 0.389. The van der Waals surface area contributed by atoms with Gasteiger partial charge in [0.1, 0.15) is 17.3 Å². The molecule has 1 atom stereocenters. The largest absolute Gasteiger partial charge is 0.496 e. The first-order valence-electron chi connectivity index (χ1n) is 7.58. The van der Waals surface area contributed by atoms with Crippen molar-refractivity contribution in [2.24, 2.45) is 0 Å². The van der Waals surface area contributed by atoms with Crippen molar-refractivity contribution < 1.29 is 13.9 Å². The van der Waals surface area contributed by atoms with Crippen LogP contribution in [-0.2, 0) is 0 Å². The predicted molar refractivity (Wildman–Crippen MR) is 89.9 cm³/mol. The lowest BCUT2D eigenvalue weighted by Gasteiger charge is -2.26. The first kappa shape index (κ1) is 17.1. The second-order valence-corrected chi connectivity index (χ2v) is 5.76. The lowest BCUT2D eigenvalue weighted by molar-refractivity contribution is 0.0940. The third-order valence-corrected chi connectivity index (χ3v) is 3.86. The molecule has 23 heavy (non-hydrogen) atoms. The standard InChI is InChI=1S/C18H24N2O3/c1-12-10-15(13(2)23-12)18(21)19-11-16(20(3)4)14-8-6-7-9-17(14)22-5/h6-10,16H,11H2,1-5H3,(H,19,21). The van der Waals surface area contributed by atoms with Crippen molar-refractivity contribution in [1.82, 2.24) is 10.2 Å². The third-order valence-electron chi connectivity index (χ3n) is 3.86. The molecular weight excluding hydrogens is 292 g/mol. The maximum absolute atomic E-state index is 12.4.